The third kappa shape index (κ3) is 3.45. The predicted molar refractivity (Wildman–Crippen MR) is 103 cm³/mol. The number of aromatic nitrogens is 1. The molecule has 4 rings (SSSR count). The largest absolute Gasteiger partial charge is 0.497 e. The van der Waals surface area contributed by atoms with Gasteiger partial charge in [0.05, 0.1) is 18.8 Å². The van der Waals surface area contributed by atoms with E-state index < -0.39 is 5.97 Å². The van der Waals surface area contributed by atoms with Gasteiger partial charge in [0.2, 0.25) is 0 Å². The topological polar surface area (TPSA) is 106 Å². The van der Waals surface area contributed by atoms with Crippen molar-refractivity contribution < 1.29 is 23.9 Å². The van der Waals surface area contributed by atoms with Crippen molar-refractivity contribution in [3.8, 4) is 17.1 Å². The summed E-state index contributed by atoms with van der Waals surface area (Å²) in [6.45, 7) is 2.51. The van der Waals surface area contributed by atoms with Crippen LogP contribution in [0.25, 0.3) is 11.3 Å². The van der Waals surface area contributed by atoms with Gasteiger partial charge in [0.15, 0.2) is 17.1 Å². The van der Waals surface area contributed by atoms with Crippen LogP contribution in [0.5, 0.6) is 5.75 Å². The van der Waals surface area contributed by atoms with Gasteiger partial charge in [-0.3, -0.25) is 0 Å². The van der Waals surface area contributed by atoms with E-state index in [1.165, 1.54) is 0 Å². The van der Waals surface area contributed by atoms with Crippen LogP contribution in [0.3, 0.4) is 0 Å². The lowest BCUT2D eigenvalue weighted by molar-refractivity contribution is -0.103. The molecule has 2 fully saturated rings. The van der Waals surface area contributed by atoms with Crippen LogP contribution in [0, 0.1) is 0 Å². The SMILES string of the molecule is COc1ccc(-c2onc(NC3CCCOC34CCNCC4)c2C(=O)O)cc1. The Morgan fingerprint density at radius 3 is 2.75 bits per heavy atom. The highest BCUT2D eigenvalue weighted by molar-refractivity contribution is 5.99. The number of carboxylic acid groups (broad SMARTS) is 1. The van der Waals surface area contributed by atoms with E-state index in [2.05, 4.69) is 15.8 Å². The number of rotatable bonds is 5. The summed E-state index contributed by atoms with van der Waals surface area (Å²) < 4.78 is 16.8. The van der Waals surface area contributed by atoms with Crippen molar-refractivity contribution in [1.82, 2.24) is 10.5 Å². The highest BCUT2D eigenvalue weighted by Gasteiger charge is 2.44. The minimum absolute atomic E-state index is 0.00438. The van der Waals surface area contributed by atoms with Gasteiger partial charge in [0, 0.05) is 12.2 Å². The number of aromatic carboxylic acids is 1. The molecule has 0 amide bonds. The van der Waals surface area contributed by atoms with Crippen LogP contribution in [0.4, 0.5) is 5.82 Å². The molecule has 3 N–H and O–H groups in total. The van der Waals surface area contributed by atoms with E-state index >= 15 is 0 Å². The Morgan fingerprint density at radius 1 is 1.32 bits per heavy atom. The summed E-state index contributed by atoms with van der Waals surface area (Å²) in [5, 5.41) is 20.6. The van der Waals surface area contributed by atoms with E-state index in [1.54, 1.807) is 31.4 Å². The first kappa shape index (κ1) is 18.8. The number of benzene rings is 1. The van der Waals surface area contributed by atoms with Crippen LogP contribution in [-0.2, 0) is 4.74 Å². The minimum atomic E-state index is -1.08. The highest BCUT2D eigenvalue weighted by Crippen LogP contribution is 2.37. The molecular formula is C20H25N3O5. The molecule has 3 heterocycles. The van der Waals surface area contributed by atoms with Crippen LogP contribution >= 0.6 is 0 Å². The number of methoxy groups -OCH3 is 1. The lowest BCUT2D eigenvalue weighted by Crippen LogP contribution is -2.57. The summed E-state index contributed by atoms with van der Waals surface area (Å²) in [6, 6.07) is 7.03. The number of hydrogen-bond acceptors (Lipinski definition) is 7. The van der Waals surface area contributed by atoms with Gasteiger partial charge in [-0.05, 0) is 63.0 Å². The fraction of sp³-hybridized carbons (Fsp3) is 0.500. The van der Waals surface area contributed by atoms with E-state index in [9.17, 15) is 9.90 Å². The molecule has 2 aliphatic heterocycles. The van der Waals surface area contributed by atoms with Crippen molar-refractivity contribution in [2.24, 2.45) is 0 Å². The fourth-order valence-electron chi connectivity index (χ4n) is 4.16. The average Bonchev–Trinajstić information content (AvgIpc) is 3.14. The van der Waals surface area contributed by atoms with Gasteiger partial charge in [0.1, 0.15) is 5.75 Å². The predicted octanol–water partition coefficient (Wildman–Crippen LogP) is 2.76. The zero-order valence-electron chi connectivity index (χ0n) is 15.9. The Hall–Kier alpha value is -2.58. The molecule has 2 aromatic rings. The normalized spacial score (nSPS) is 21.4. The number of carboxylic acids is 1. The molecule has 1 spiro atoms. The van der Waals surface area contributed by atoms with Crippen molar-refractivity contribution in [3.05, 3.63) is 29.8 Å². The zero-order valence-corrected chi connectivity index (χ0v) is 15.9. The molecule has 1 atom stereocenters. The molecule has 1 aromatic heterocycles. The van der Waals surface area contributed by atoms with Crippen molar-refractivity contribution >= 4 is 11.8 Å². The molecular weight excluding hydrogens is 362 g/mol. The van der Waals surface area contributed by atoms with E-state index in [1.807, 2.05) is 0 Å². The van der Waals surface area contributed by atoms with Crippen molar-refractivity contribution in [2.45, 2.75) is 37.3 Å². The first-order valence-corrected chi connectivity index (χ1v) is 9.61. The maximum absolute atomic E-state index is 12.0. The van der Waals surface area contributed by atoms with Crippen LogP contribution in [-0.4, -0.2) is 54.7 Å². The number of ether oxygens (including phenoxy) is 2. The summed E-state index contributed by atoms with van der Waals surface area (Å²) >= 11 is 0. The molecule has 1 aromatic carbocycles. The van der Waals surface area contributed by atoms with Gasteiger partial charge in [0.25, 0.3) is 0 Å². The summed E-state index contributed by atoms with van der Waals surface area (Å²) in [4.78, 5) is 12.0. The second kappa shape index (κ2) is 7.81. The van der Waals surface area contributed by atoms with E-state index in [-0.39, 0.29) is 28.8 Å². The van der Waals surface area contributed by atoms with Crippen molar-refractivity contribution in [1.29, 1.82) is 0 Å². The van der Waals surface area contributed by atoms with E-state index in [4.69, 9.17) is 14.0 Å². The first-order chi connectivity index (χ1) is 13.6. The standard InChI is InChI=1S/C20H25N3O5/c1-26-14-6-4-13(5-7-14)17-16(19(24)25)18(23-28-17)22-15-3-2-12-27-20(15)8-10-21-11-9-20/h4-7,15,21H,2-3,8-12H2,1H3,(H,22,23)(H,24,25). The van der Waals surface area contributed by atoms with Gasteiger partial charge < -0.3 is 29.7 Å². The zero-order chi connectivity index (χ0) is 19.6. The summed E-state index contributed by atoms with van der Waals surface area (Å²) in [6.07, 6.45) is 3.61. The second-order valence-corrected chi connectivity index (χ2v) is 7.27. The number of anilines is 1. The average molecular weight is 387 g/mol. The Kier molecular flexibility index (Phi) is 5.23. The molecule has 150 valence electrons. The quantitative estimate of drug-likeness (QED) is 0.719. The third-order valence-corrected chi connectivity index (χ3v) is 5.68. The van der Waals surface area contributed by atoms with Crippen molar-refractivity contribution in [3.63, 3.8) is 0 Å². The fourth-order valence-corrected chi connectivity index (χ4v) is 4.16. The first-order valence-electron chi connectivity index (χ1n) is 9.61. The van der Waals surface area contributed by atoms with Gasteiger partial charge in [-0.2, -0.15) is 0 Å². The Bertz CT molecular complexity index is 819. The summed E-state index contributed by atoms with van der Waals surface area (Å²) in [5.41, 5.74) is 0.383. The molecule has 0 aliphatic carbocycles. The highest BCUT2D eigenvalue weighted by atomic mass is 16.5. The van der Waals surface area contributed by atoms with Gasteiger partial charge in [-0.1, -0.05) is 5.16 Å². The van der Waals surface area contributed by atoms with Crippen LogP contribution < -0.4 is 15.4 Å². The number of nitrogens with zero attached hydrogens (tertiary/aromatic N) is 1. The van der Waals surface area contributed by atoms with E-state index in [0.717, 1.165) is 45.4 Å². The van der Waals surface area contributed by atoms with Crippen LogP contribution in [0.1, 0.15) is 36.0 Å². The molecule has 2 saturated heterocycles. The Morgan fingerprint density at radius 2 is 2.07 bits per heavy atom. The van der Waals surface area contributed by atoms with Crippen LogP contribution in [0.2, 0.25) is 0 Å². The monoisotopic (exact) mass is 387 g/mol. The number of piperidine rings is 1. The number of hydrogen-bond donors (Lipinski definition) is 3. The summed E-state index contributed by atoms with van der Waals surface area (Å²) in [7, 11) is 1.58. The van der Waals surface area contributed by atoms with Crippen LogP contribution in [0.15, 0.2) is 28.8 Å². The molecule has 0 radical (unpaired) electrons. The Balaban J connectivity index is 1.64. The van der Waals surface area contributed by atoms with E-state index in [0.29, 0.717) is 11.3 Å². The maximum atomic E-state index is 12.0. The maximum Gasteiger partial charge on any atom is 0.343 e. The smallest absolute Gasteiger partial charge is 0.343 e. The molecule has 1 unspecified atom stereocenters. The molecule has 0 saturated carbocycles. The third-order valence-electron chi connectivity index (χ3n) is 5.68. The number of nitrogens with one attached hydrogen (secondary N) is 2. The van der Waals surface area contributed by atoms with Crippen molar-refractivity contribution in [2.75, 3.05) is 32.1 Å². The lowest BCUT2D eigenvalue weighted by Gasteiger charge is -2.46. The minimum Gasteiger partial charge on any atom is -0.497 e. The second-order valence-electron chi connectivity index (χ2n) is 7.27. The molecule has 0 bridgehead atoms. The molecule has 28 heavy (non-hydrogen) atoms. The summed E-state index contributed by atoms with van der Waals surface area (Å²) in [5.74, 6) is 0.0943. The van der Waals surface area contributed by atoms with Gasteiger partial charge in [-0.25, -0.2) is 4.79 Å². The molecule has 2 aliphatic rings. The lowest BCUT2D eigenvalue weighted by atomic mass is 9.80. The number of carbonyl (C=O) groups is 1. The Labute approximate surface area is 163 Å². The van der Waals surface area contributed by atoms with Gasteiger partial charge >= 0.3 is 5.97 Å². The molecule has 8 nitrogen and oxygen atoms in total. The molecule has 8 heteroatoms. The van der Waals surface area contributed by atoms with Gasteiger partial charge in [-0.15, -0.1) is 0 Å².